The molecular formula is C18H21N5O6S2. The molecular weight excluding hydrogens is 446 g/mol. The highest BCUT2D eigenvalue weighted by atomic mass is 32.2. The SMILES string of the molecule is CCOC(=O)CCC(=O)NC(=S)Nc1ccc(S(=O)(=O)Nc2nccnc2OC)cc1. The molecule has 11 nitrogen and oxygen atoms in total. The number of sulfonamides is 1. The van der Waals surface area contributed by atoms with E-state index in [0.29, 0.717) is 5.69 Å². The zero-order valence-corrected chi connectivity index (χ0v) is 18.4. The van der Waals surface area contributed by atoms with Crippen LogP contribution in [0, 0.1) is 0 Å². The van der Waals surface area contributed by atoms with E-state index in [1.165, 1.54) is 43.8 Å². The second-order valence-electron chi connectivity index (χ2n) is 5.85. The Bertz CT molecular complexity index is 1040. The molecule has 0 aliphatic carbocycles. The van der Waals surface area contributed by atoms with Crippen LogP contribution in [0.3, 0.4) is 0 Å². The van der Waals surface area contributed by atoms with Crippen molar-refractivity contribution in [2.24, 2.45) is 0 Å². The molecule has 1 aromatic heterocycles. The van der Waals surface area contributed by atoms with Gasteiger partial charge < -0.3 is 20.1 Å². The van der Waals surface area contributed by atoms with Crippen LogP contribution in [0.5, 0.6) is 5.88 Å². The predicted octanol–water partition coefficient (Wildman–Crippen LogP) is 1.44. The largest absolute Gasteiger partial charge is 0.478 e. The minimum atomic E-state index is -3.94. The molecule has 0 atom stereocenters. The van der Waals surface area contributed by atoms with E-state index in [-0.39, 0.29) is 41.2 Å². The van der Waals surface area contributed by atoms with Crippen molar-refractivity contribution in [3.63, 3.8) is 0 Å². The van der Waals surface area contributed by atoms with Gasteiger partial charge in [-0.05, 0) is 43.4 Å². The van der Waals surface area contributed by atoms with Gasteiger partial charge in [0.15, 0.2) is 5.11 Å². The number of hydrogen-bond donors (Lipinski definition) is 3. The Morgan fingerprint density at radius 2 is 1.77 bits per heavy atom. The number of aromatic nitrogens is 2. The second kappa shape index (κ2) is 11.2. The van der Waals surface area contributed by atoms with E-state index >= 15 is 0 Å². The van der Waals surface area contributed by atoms with Crippen molar-refractivity contribution < 1.29 is 27.5 Å². The summed E-state index contributed by atoms with van der Waals surface area (Å²) in [6.07, 6.45) is 2.57. The molecule has 13 heteroatoms. The van der Waals surface area contributed by atoms with Crippen LogP contribution in [0.25, 0.3) is 0 Å². The fourth-order valence-corrected chi connectivity index (χ4v) is 3.49. The molecule has 1 aromatic carbocycles. The van der Waals surface area contributed by atoms with Gasteiger partial charge in [-0.15, -0.1) is 0 Å². The Hall–Kier alpha value is -3.32. The van der Waals surface area contributed by atoms with Gasteiger partial charge in [-0.1, -0.05) is 0 Å². The molecule has 0 fully saturated rings. The summed E-state index contributed by atoms with van der Waals surface area (Å²) in [6, 6.07) is 5.64. The Labute approximate surface area is 184 Å². The number of nitrogens with one attached hydrogen (secondary N) is 3. The summed E-state index contributed by atoms with van der Waals surface area (Å²) in [4.78, 5) is 30.8. The summed E-state index contributed by atoms with van der Waals surface area (Å²) in [6.45, 7) is 1.92. The van der Waals surface area contributed by atoms with Crippen LogP contribution in [0.1, 0.15) is 19.8 Å². The Morgan fingerprint density at radius 3 is 2.42 bits per heavy atom. The third-order valence-corrected chi connectivity index (χ3v) is 5.18. The number of nitrogens with zero attached hydrogens (tertiary/aromatic N) is 2. The fourth-order valence-electron chi connectivity index (χ4n) is 2.25. The van der Waals surface area contributed by atoms with Crippen molar-refractivity contribution in [2.45, 2.75) is 24.7 Å². The normalized spacial score (nSPS) is 10.6. The highest BCUT2D eigenvalue weighted by molar-refractivity contribution is 7.92. The van der Waals surface area contributed by atoms with Crippen LogP contribution in [0.15, 0.2) is 41.6 Å². The van der Waals surface area contributed by atoms with E-state index in [2.05, 4.69) is 25.3 Å². The lowest BCUT2D eigenvalue weighted by Gasteiger charge is -2.11. The number of thiocarbonyl (C=S) groups is 1. The van der Waals surface area contributed by atoms with Gasteiger partial charge in [-0.3, -0.25) is 14.3 Å². The summed E-state index contributed by atoms with van der Waals surface area (Å²) >= 11 is 5.05. The highest BCUT2D eigenvalue weighted by Gasteiger charge is 2.18. The highest BCUT2D eigenvalue weighted by Crippen LogP contribution is 2.22. The molecule has 0 bridgehead atoms. The van der Waals surface area contributed by atoms with Crippen molar-refractivity contribution in [3.05, 3.63) is 36.7 Å². The molecule has 0 saturated heterocycles. The van der Waals surface area contributed by atoms with Crippen molar-refractivity contribution >= 4 is 50.7 Å². The molecule has 2 rings (SSSR count). The molecule has 0 saturated carbocycles. The van der Waals surface area contributed by atoms with Gasteiger partial charge in [0, 0.05) is 24.5 Å². The smallest absolute Gasteiger partial charge is 0.306 e. The average Bonchev–Trinajstić information content (AvgIpc) is 2.73. The van der Waals surface area contributed by atoms with Crippen LogP contribution in [-0.2, 0) is 24.3 Å². The number of anilines is 2. The summed E-state index contributed by atoms with van der Waals surface area (Å²) in [5.74, 6) is -0.930. The fraction of sp³-hybridized carbons (Fsp3) is 0.278. The lowest BCUT2D eigenvalue weighted by atomic mass is 10.3. The molecule has 0 spiro atoms. The number of rotatable bonds is 9. The van der Waals surface area contributed by atoms with Gasteiger partial charge in [0.25, 0.3) is 15.9 Å². The third-order valence-electron chi connectivity index (χ3n) is 3.63. The number of hydrogen-bond acceptors (Lipinski definition) is 9. The quantitative estimate of drug-likeness (QED) is 0.365. The van der Waals surface area contributed by atoms with E-state index in [4.69, 9.17) is 21.7 Å². The molecule has 31 heavy (non-hydrogen) atoms. The summed E-state index contributed by atoms with van der Waals surface area (Å²) in [7, 11) is -2.59. The minimum Gasteiger partial charge on any atom is -0.478 e. The number of ether oxygens (including phenoxy) is 2. The first kappa shape index (κ1) is 24.0. The number of esters is 1. The molecule has 3 N–H and O–H groups in total. The maximum absolute atomic E-state index is 12.5. The van der Waals surface area contributed by atoms with E-state index < -0.39 is 21.9 Å². The first-order valence-electron chi connectivity index (χ1n) is 8.99. The minimum absolute atomic E-state index is 0.00638. The zero-order valence-electron chi connectivity index (χ0n) is 16.7. The van der Waals surface area contributed by atoms with E-state index in [9.17, 15) is 18.0 Å². The van der Waals surface area contributed by atoms with Gasteiger partial charge in [0.1, 0.15) is 0 Å². The van der Waals surface area contributed by atoms with Crippen LogP contribution in [-0.4, -0.2) is 49.1 Å². The zero-order chi connectivity index (χ0) is 22.9. The molecule has 0 aliphatic rings. The van der Waals surface area contributed by atoms with E-state index in [1.54, 1.807) is 6.92 Å². The van der Waals surface area contributed by atoms with Gasteiger partial charge >= 0.3 is 5.97 Å². The van der Waals surface area contributed by atoms with Crippen molar-refractivity contribution in [1.29, 1.82) is 0 Å². The molecule has 166 valence electrons. The number of benzene rings is 1. The van der Waals surface area contributed by atoms with Gasteiger partial charge in [-0.25, -0.2) is 18.4 Å². The van der Waals surface area contributed by atoms with Crippen LogP contribution >= 0.6 is 12.2 Å². The molecule has 0 radical (unpaired) electrons. The average molecular weight is 468 g/mol. The first-order valence-corrected chi connectivity index (χ1v) is 10.9. The number of amides is 1. The van der Waals surface area contributed by atoms with Crippen molar-refractivity contribution in [2.75, 3.05) is 23.8 Å². The molecule has 0 aliphatic heterocycles. The molecule has 2 aromatic rings. The topological polar surface area (TPSA) is 149 Å². The molecule has 0 unspecified atom stereocenters. The summed E-state index contributed by atoms with van der Waals surface area (Å²) in [5, 5.41) is 5.19. The van der Waals surface area contributed by atoms with E-state index in [1.807, 2.05) is 0 Å². The molecule has 1 heterocycles. The Balaban J connectivity index is 1.94. The standard InChI is InChI=1S/C18H21N5O6S2/c1-3-29-15(25)9-8-14(24)22-18(30)21-12-4-6-13(7-5-12)31(26,27)23-16-17(28-2)20-11-10-19-16/h4-7,10-11H,3,8-9H2,1-2H3,(H,19,23)(H2,21,22,24,30). The van der Waals surface area contributed by atoms with Gasteiger partial charge in [-0.2, -0.15) is 0 Å². The maximum atomic E-state index is 12.5. The maximum Gasteiger partial charge on any atom is 0.306 e. The van der Waals surface area contributed by atoms with Crippen LogP contribution in [0.2, 0.25) is 0 Å². The van der Waals surface area contributed by atoms with Gasteiger partial charge in [0.05, 0.1) is 25.0 Å². The predicted molar refractivity (Wildman–Crippen MR) is 116 cm³/mol. The van der Waals surface area contributed by atoms with Crippen LogP contribution < -0.4 is 20.1 Å². The van der Waals surface area contributed by atoms with Gasteiger partial charge in [0.2, 0.25) is 11.7 Å². The molecule has 1 amide bonds. The second-order valence-corrected chi connectivity index (χ2v) is 7.94. The Morgan fingerprint density at radius 1 is 1.10 bits per heavy atom. The van der Waals surface area contributed by atoms with Crippen LogP contribution in [0.4, 0.5) is 11.5 Å². The van der Waals surface area contributed by atoms with Crippen molar-refractivity contribution in [3.8, 4) is 5.88 Å². The first-order chi connectivity index (χ1) is 14.7. The van der Waals surface area contributed by atoms with E-state index in [0.717, 1.165) is 0 Å². The third kappa shape index (κ3) is 7.46. The Kier molecular flexibility index (Phi) is 8.63. The van der Waals surface area contributed by atoms with Crippen molar-refractivity contribution in [1.82, 2.24) is 15.3 Å². The summed E-state index contributed by atoms with van der Waals surface area (Å²) in [5.41, 5.74) is 0.451. The summed E-state index contributed by atoms with van der Waals surface area (Å²) < 4.78 is 37.1. The monoisotopic (exact) mass is 467 g/mol. The number of carbonyl (C=O) groups is 2. The number of carbonyl (C=O) groups excluding carboxylic acids is 2. The lowest BCUT2D eigenvalue weighted by Crippen LogP contribution is -2.34. The lowest BCUT2D eigenvalue weighted by molar-refractivity contribution is -0.144. The number of methoxy groups -OCH3 is 1.